The van der Waals surface area contributed by atoms with Crippen LogP contribution in [0.2, 0.25) is 0 Å². The zero-order valence-corrected chi connectivity index (χ0v) is 22.9. The first-order valence-corrected chi connectivity index (χ1v) is 13.2. The summed E-state index contributed by atoms with van der Waals surface area (Å²) >= 11 is 1.23. The number of hydrogen-bond donors (Lipinski definition) is 2. The molecule has 8 heteroatoms. The molecule has 4 rings (SSSR count). The summed E-state index contributed by atoms with van der Waals surface area (Å²) in [6, 6.07) is 26.7. The minimum Gasteiger partial charge on any atom is -0.497 e. The van der Waals surface area contributed by atoms with Crippen molar-refractivity contribution in [1.82, 2.24) is 4.98 Å². The van der Waals surface area contributed by atoms with Crippen LogP contribution >= 0.6 is 11.8 Å². The number of amides is 2. The van der Waals surface area contributed by atoms with Gasteiger partial charge in [-0.3, -0.25) is 9.59 Å². The second kappa shape index (κ2) is 12.3. The Morgan fingerprint density at radius 1 is 0.923 bits per heavy atom. The van der Waals surface area contributed by atoms with Crippen LogP contribution in [-0.4, -0.2) is 29.2 Å². The van der Waals surface area contributed by atoms with Crippen molar-refractivity contribution in [2.45, 2.75) is 31.0 Å². The highest BCUT2D eigenvalue weighted by Gasteiger charge is 2.21. The molecule has 0 spiro atoms. The molecule has 1 heterocycles. The van der Waals surface area contributed by atoms with Gasteiger partial charge < -0.3 is 15.4 Å². The van der Waals surface area contributed by atoms with E-state index in [1.54, 1.807) is 38.3 Å². The van der Waals surface area contributed by atoms with E-state index in [0.717, 1.165) is 28.0 Å². The van der Waals surface area contributed by atoms with Gasteiger partial charge in [-0.05, 0) is 74.0 Å². The number of hydrogen-bond acceptors (Lipinski definition) is 6. The molecule has 39 heavy (non-hydrogen) atoms. The van der Waals surface area contributed by atoms with Crippen molar-refractivity contribution >= 4 is 35.0 Å². The molecule has 1 aromatic heterocycles. The summed E-state index contributed by atoms with van der Waals surface area (Å²) in [5.41, 5.74) is 5.98. The highest BCUT2D eigenvalue weighted by atomic mass is 32.2. The van der Waals surface area contributed by atoms with Crippen molar-refractivity contribution in [2.24, 2.45) is 0 Å². The van der Waals surface area contributed by atoms with E-state index in [0.29, 0.717) is 27.7 Å². The van der Waals surface area contributed by atoms with E-state index >= 15 is 0 Å². The molecule has 4 aromatic rings. The first-order chi connectivity index (χ1) is 18.8. The van der Waals surface area contributed by atoms with Crippen LogP contribution in [0, 0.1) is 18.3 Å². The topological polar surface area (TPSA) is 104 Å². The van der Waals surface area contributed by atoms with Gasteiger partial charge in [-0.15, -0.1) is 0 Å². The largest absolute Gasteiger partial charge is 0.497 e. The Hall–Kier alpha value is -4.61. The molecule has 7 nitrogen and oxygen atoms in total. The molecule has 1 atom stereocenters. The maximum atomic E-state index is 13.1. The molecule has 0 aliphatic carbocycles. The molecular formula is C31H28N4O3S. The summed E-state index contributed by atoms with van der Waals surface area (Å²) in [4.78, 5) is 29.1. The molecular weight excluding hydrogens is 508 g/mol. The van der Waals surface area contributed by atoms with Gasteiger partial charge in [0.05, 0.1) is 23.6 Å². The fourth-order valence-corrected chi connectivity index (χ4v) is 4.82. The van der Waals surface area contributed by atoms with Crippen molar-refractivity contribution in [3.63, 3.8) is 0 Å². The number of carbonyl (C=O) groups is 2. The molecule has 0 aliphatic heterocycles. The van der Waals surface area contributed by atoms with Crippen LogP contribution in [0.4, 0.5) is 11.4 Å². The summed E-state index contributed by atoms with van der Waals surface area (Å²) in [5.74, 6) is 0.334. The number of methoxy groups -OCH3 is 1. The molecule has 1 unspecified atom stereocenters. The van der Waals surface area contributed by atoms with E-state index in [4.69, 9.17) is 9.72 Å². The Morgan fingerprint density at radius 2 is 1.51 bits per heavy atom. The second-order valence-corrected chi connectivity index (χ2v) is 10.3. The number of thioether (sulfide) groups is 1. The highest BCUT2D eigenvalue weighted by Crippen LogP contribution is 2.36. The molecule has 2 N–H and O–H groups in total. The van der Waals surface area contributed by atoms with Crippen LogP contribution < -0.4 is 15.4 Å². The Balaban J connectivity index is 1.66. The third kappa shape index (κ3) is 6.83. The fourth-order valence-electron chi connectivity index (χ4n) is 3.89. The van der Waals surface area contributed by atoms with Crippen LogP contribution in [-0.2, 0) is 9.59 Å². The molecule has 196 valence electrons. The van der Waals surface area contributed by atoms with Gasteiger partial charge in [0.15, 0.2) is 0 Å². The lowest BCUT2D eigenvalue weighted by molar-refractivity contribution is -0.115. The van der Waals surface area contributed by atoms with Gasteiger partial charge in [0, 0.05) is 29.4 Å². The van der Waals surface area contributed by atoms with Crippen molar-refractivity contribution < 1.29 is 14.3 Å². The van der Waals surface area contributed by atoms with E-state index in [1.165, 1.54) is 18.7 Å². The number of nitrogens with zero attached hydrogens (tertiary/aromatic N) is 2. The Bertz CT molecular complexity index is 1530. The monoisotopic (exact) mass is 536 g/mol. The number of ether oxygens (including phenoxy) is 1. The molecule has 0 radical (unpaired) electrons. The molecule has 0 fully saturated rings. The van der Waals surface area contributed by atoms with E-state index in [9.17, 15) is 14.9 Å². The van der Waals surface area contributed by atoms with Crippen molar-refractivity contribution in [3.8, 4) is 34.2 Å². The van der Waals surface area contributed by atoms with Crippen LogP contribution in [0.5, 0.6) is 5.75 Å². The number of rotatable bonds is 8. The third-order valence-electron chi connectivity index (χ3n) is 5.98. The Labute approximate surface area is 232 Å². The normalized spacial score (nSPS) is 11.3. The SMILES string of the molecule is COc1ccc(-c2cc(-c3ccc(C)cc3)c(C#N)c(SC(C)C(=O)Nc3ccc(NC(C)=O)cc3)n2)cc1. The lowest BCUT2D eigenvalue weighted by atomic mass is 9.98. The molecule has 0 bridgehead atoms. The molecule has 2 amide bonds. The van der Waals surface area contributed by atoms with Gasteiger partial charge in [0.2, 0.25) is 11.8 Å². The van der Waals surface area contributed by atoms with Gasteiger partial charge in [-0.25, -0.2) is 4.98 Å². The van der Waals surface area contributed by atoms with Gasteiger partial charge in [0.25, 0.3) is 0 Å². The highest BCUT2D eigenvalue weighted by molar-refractivity contribution is 8.00. The average molecular weight is 537 g/mol. The predicted molar refractivity (Wildman–Crippen MR) is 156 cm³/mol. The standard InChI is InChI=1S/C31H28N4O3S/c1-19-5-7-22(8-6-19)27-17-29(23-9-15-26(38-4)16-10-23)35-31(28(27)18-32)39-20(2)30(37)34-25-13-11-24(12-14-25)33-21(3)36/h5-17,20H,1-4H3,(H,33,36)(H,34,37). The average Bonchev–Trinajstić information content (AvgIpc) is 2.94. The molecule has 0 aliphatic rings. The van der Waals surface area contributed by atoms with E-state index < -0.39 is 5.25 Å². The summed E-state index contributed by atoms with van der Waals surface area (Å²) in [5, 5.41) is 15.7. The minimum atomic E-state index is -0.545. The van der Waals surface area contributed by atoms with E-state index in [1.807, 2.05) is 61.5 Å². The molecule has 0 saturated heterocycles. The Morgan fingerprint density at radius 3 is 2.08 bits per heavy atom. The third-order valence-corrected chi connectivity index (χ3v) is 7.06. The quantitative estimate of drug-likeness (QED) is 0.243. The number of anilines is 2. The molecule has 3 aromatic carbocycles. The predicted octanol–water partition coefficient (Wildman–Crippen LogP) is 6.68. The van der Waals surface area contributed by atoms with Gasteiger partial charge >= 0.3 is 0 Å². The van der Waals surface area contributed by atoms with Crippen molar-refractivity contribution in [3.05, 3.63) is 90.0 Å². The van der Waals surface area contributed by atoms with E-state index in [2.05, 4.69) is 16.7 Å². The number of aryl methyl sites for hydroxylation is 1. The maximum Gasteiger partial charge on any atom is 0.237 e. The summed E-state index contributed by atoms with van der Waals surface area (Å²) in [6.45, 7) is 5.23. The van der Waals surface area contributed by atoms with Gasteiger partial charge in [0.1, 0.15) is 16.8 Å². The number of pyridine rings is 1. The Kier molecular flexibility index (Phi) is 8.64. The zero-order chi connectivity index (χ0) is 27.9. The van der Waals surface area contributed by atoms with Gasteiger partial charge in [-0.2, -0.15) is 5.26 Å². The summed E-state index contributed by atoms with van der Waals surface area (Å²) < 4.78 is 5.29. The van der Waals surface area contributed by atoms with E-state index in [-0.39, 0.29) is 11.8 Å². The van der Waals surface area contributed by atoms with Gasteiger partial charge in [-0.1, -0.05) is 41.6 Å². The van der Waals surface area contributed by atoms with Crippen LogP contribution in [0.15, 0.2) is 83.9 Å². The number of carbonyl (C=O) groups excluding carboxylic acids is 2. The first-order valence-electron chi connectivity index (χ1n) is 12.3. The lowest BCUT2D eigenvalue weighted by Gasteiger charge is -2.16. The number of nitrogens with one attached hydrogen (secondary N) is 2. The smallest absolute Gasteiger partial charge is 0.237 e. The number of nitriles is 1. The van der Waals surface area contributed by atoms with Crippen LogP contribution in [0.25, 0.3) is 22.4 Å². The van der Waals surface area contributed by atoms with Crippen LogP contribution in [0.3, 0.4) is 0 Å². The fraction of sp³-hybridized carbons (Fsp3) is 0.161. The second-order valence-electron chi connectivity index (χ2n) is 8.95. The number of aromatic nitrogens is 1. The minimum absolute atomic E-state index is 0.167. The molecule has 0 saturated carbocycles. The maximum absolute atomic E-state index is 13.1. The zero-order valence-electron chi connectivity index (χ0n) is 22.1. The lowest BCUT2D eigenvalue weighted by Crippen LogP contribution is -2.22. The van der Waals surface area contributed by atoms with Crippen molar-refractivity contribution in [1.29, 1.82) is 5.26 Å². The number of benzene rings is 3. The van der Waals surface area contributed by atoms with Crippen molar-refractivity contribution in [2.75, 3.05) is 17.7 Å². The van der Waals surface area contributed by atoms with Crippen LogP contribution in [0.1, 0.15) is 25.0 Å². The summed E-state index contributed by atoms with van der Waals surface area (Å²) in [7, 11) is 1.61. The summed E-state index contributed by atoms with van der Waals surface area (Å²) in [6.07, 6.45) is 0. The first kappa shape index (κ1) is 27.4.